The van der Waals surface area contributed by atoms with Gasteiger partial charge in [-0.05, 0) is 36.2 Å². The lowest BCUT2D eigenvalue weighted by Gasteiger charge is -2.23. The van der Waals surface area contributed by atoms with Gasteiger partial charge in [-0.25, -0.2) is 4.79 Å². The molecule has 0 saturated heterocycles. The van der Waals surface area contributed by atoms with Crippen molar-refractivity contribution in [3.63, 3.8) is 0 Å². The molecule has 32 heavy (non-hydrogen) atoms. The molecule has 3 rings (SSSR count). The molecule has 0 fully saturated rings. The molecule has 0 saturated carbocycles. The molecule has 1 aromatic heterocycles. The molecule has 3 amide bonds. The molecule has 3 aromatic rings. The van der Waals surface area contributed by atoms with E-state index in [4.69, 9.17) is 16.9 Å². The Morgan fingerprint density at radius 1 is 1.16 bits per heavy atom. The molecule has 0 radical (unpaired) electrons. The maximum Gasteiger partial charge on any atom is 0.319 e. The first-order chi connectivity index (χ1) is 15.4. The van der Waals surface area contributed by atoms with Crippen LogP contribution in [0.2, 0.25) is 5.02 Å². The van der Waals surface area contributed by atoms with Gasteiger partial charge in [-0.15, -0.1) is 10.2 Å². The number of nitrogens with zero attached hydrogens (tertiary/aromatic N) is 3. The average Bonchev–Trinajstić information content (AvgIpc) is 3.25. The number of carbonyl (C=O) groups is 2. The fourth-order valence-electron chi connectivity index (χ4n) is 2.84. The molecule has 0 bridgehead atoms. The van der Waals surface area contributed by atoms with Crippen molar-refractivity contribution in [2.45, 2.75) is 26.3 Å². The first-order valence-corrected chi connectivity index (χ1v) is 11.1. The number of hydrogen-bond acceptors (Lipinski definition) is 6. The van der Waals surface area contributed by atoms with E-state index >= 15 is 0 Å². The van der Waals surface area contributed by atoms with E-state index in [1.165, 1.54) is 11.3 Å². The maximum absolute atomic E-state index is 12.9. The predicted octanol–water partition coefficient (Wildman–Crippen LogP) is 4.91. The summed E-state index contributed by atoms with van der Waals surface area (Å²) in [5.41, 5.74) is 1.72. The topological polar surface area (TPSA) is 120 Å². The normalized spacial score (nSPS) is 12.3. The Morgan fingerprint density at radius 3 is 2.59 bits per heavy atom. The highest BCUT2D eigenvalue weighted by Crippen LogP contribution is 2.27. The molecule has 2 atom stereocenters. The fourth-order valence-corrected chi connectivity index (χ4v) is 3.72. The summed E-state index contributed by atoms with van der Waals surface area (Å²) in [6.07, 6.45) is 0.675. The third kappa shape index (κ3) is 6.03. The van der Waals surface area contributed by atoms with Gasteiger partial charge < -0.3 is 10.6 Å². The lowest BCUT2D eigenvalue weighted by Crippen LogP contribution is -2.49. The van der Waals surface area contributed by atoms with E-state index in [0.29, 0.717) is 32.8 Å². The van der Waals surface area contributed by atoms with Crippen LogP contribution in [0.3, 0.4) is 0 Å². The van der Waals surface area contributed by atoms with Crippen LogP contribution < -0.4 is 16.0 Å². The summed E-state index contributed by atoms with van der Waals surface area (Å²) in [7, 11) is 0. The number of amides is 3. The molecule has 0 aliphatic heterocycles. The van der Waals surface area contributed by atoms with Crippen LogP contribution in [0.5, 0.6) is 0 Å². The minimum Gasteiger partial charge on any atom is -0.326 e. The summed E-state index contributed by atoms with van der Waals surface area (Å²) < 4.78 is 0. The van der Waals surface area contributed by atoms with Crippen LogP contribution in [0.25, 0.3) is 10.6 Å². The van der Waals surface area contributed by atoms with Crippen LogP contribution in [-0.4, -0.2) is 28.2 Å². The standard InChI is InChI=1S/C22H21ClN6O2S/c1-3-13(2)18(26-21(31)25-17-6-4-5-14(11-17)12-24)19(30)27-22-29-28-20(32-22)15-7-9-16(23)10-8-15/h4-11,13,18H,3H2,1-2H3,(H2,25,26,31)(H,27,29,30). The van der Waals surface area contributed by atoms with Crippen molar-refractivity contribution in [3.05, 3.63) is 59.1 Å². The number of nitriles is 1. The van der Waals surface area contributed by atoms with Crippen molar-refractivity contribution in [3.8, 4) is 16.6 Å². The van der Waals surface area contributed by atoms with E-state index in [1.54, 1.807) is 36.4 Å². The number of urea groups is 1. The van der Waals surface area contributed by atoms with Crippen molar-refractivity contribution >= 4 is 45.7 Å². The number of anilines is 2. The molecular formula is C22H21ClN6O2S. The third-order valence-corrected chi connectivity index (χ3v) is 5.92. The zero-order valence-corrected chi connectivity index (χ0v) is 19.0. The number of nitrogens with one attached hydrogen (secondary N) is 3. The molecule has 1 heterocycles. The van der Waals surface area contributed by atoms with Crippen LogP contribution in [0, 0.1) is 17.2 Å². The molecule has 3 N–H and O–H groups in total. The highest BCUT2D eigenvalue weighted by Gasteiger charge is 2.27. The van der Waals surface area contributed by atoms with Gasteiger partial charge in [-0.1, -0.05) is 61.4 Å². The Bertz CT molecular complexity index is 1140. The van der Waals surface area contributed by atoms with Gasteiger partial charge in [0.25, 0.3) is 0 Å². The summed E-state index contributed by atoms with van der Waals surface area (Å²) in [6, 6.07) is 14.4. The van der Waals surface area contributed by atoms with Crippen LogP contribution in [-0.2, 0) is 4.79 Å². The number of carbonyl (C=O) groups excluding carboxylic acids is 2. The second-order valence-electron chi connectivity index (χ2n) is 7.06. The summed E-state index contributed by atoms with van der Waals surface area (Å²) in [6.45, 7) is 3.81. The van der Waals surface area contributed by atoms with Crippen molar-refractivity contribution in [1.29, 1.82) is 5.26 Å². The van der Waals surface area contributed by atoms with E-state index in [-0.39, 0.29) is 11.8 Å². The van der Waals surface area contributed by atoms with Gasteiger partial charge in [0.15, 0.2) is 0 Å². The van der Waals surface area contributed by atoms with Gasteiger partial charge in [0.05, 0.1) is 11.6 Å². The molecular weight excluding hydrogens is 448 g/mol. The Balaban J connectivity index is 1.67. The number of aromatic nitrogens is 2. The quantitative estimate of drug-likeness (QED) is 0.455. The highest BCUT2D eigenvalue weighted by atomic mass is 35.5. The SMILES string of the molecule is CCC(C)C(NC(=O)Nc1cccc(C#N)c1)C(=O)Nc1nnc(-c2ccc(Cl)cc2)s1. The maximum atomic E-state index is 12.9. The van der Waals surface area contributed by atoms with Gasteiger partial charge >= 0.3 is 6.03 Å². The summed E-state index contributed by atoms with van der Waals surface area (Å²) in [4.78, 5) is 25.4. The smallest absolute Gasteiger partial charge is 0.319 e. The first-order valence-electron chi connectivity index (χ1n) is 9.87. The number of rotatable bonds is 7. The van der Waals surface area contributed by atoms with E-state index in [9.17, 15) is 9.59 Å². The summed E-state index contributed by atoms with van der Waals surface area (Å²) in [5.74, 6) is -0.520. The molecule has 8 nitrogen and oxygen atoms in total. The third-order valence-electron chi connectivity index (χ3n) is 4.78. The number of benzene rings is 2. The van der Waals surface area contributed by atoms with Gasteiger partial charge in [0.2, 0.25) is 11.0 Å². The molecule has 10 heteroatoms. The van der Waals surface area contributed by atoms with E-state index in [2.05, 4.69) is 26.1 Å². The Kier molecular flexibility index (Phi) is 7.76. The molecule has 164 valence electrons. The second-order valence-corrected chi connectivity index (χ2v) is 8.48. The molecule has 2 unspecified atom stereocenters. The second kappa shape index (κ2) is 10.7. The van der Waals surface area contributed by atoms with Crippen molar-refractivity contribution in [2.24, 2.45) is 5.92 Å². The highest BCUT2D eigenvalue weighted by molar-refractivity contribution is 7.18. The van der Waals surface area contributed by atoms with Crippen LogP contribution in [0.4, 0.5) is 15.6 Å². The largest absolute Gasteiger partial charge is 0.326 e. The van der Waals surface area contributed by atoms with Gasteiger partial charge in [0.1, 0.15) is 11.0 Å². The minimum atomic E-state index is -0.790. The zero-order chi connectivity index (χ0) is 23.1. The Hall–Kier alpha value is -3.48. The monoisotopic (exact) mass is 468 g/mol. The molecule has 2 aromatic carbocycles. The lowest BCUT2D eigenvalue weighted by atomic mass is 9.98. The van der Waals surface area contributed by atoms with Crippen molar-refractivity contribution < 1.29 is 9.59 Å². The van der Waals surface area contributed by atoms with Crippen LogP contribution in [0.1, 0.15) is 25.8 Å². The van der Waals surface area contributed by atoms with Crippen molar-refractivity contribution in [2.75, 3.05) is 10.6 Å². The van der Waals surface area contributed by atoms with Gasteiger partial charge in [-0.3, -0.25) is 10.1 Å². The average molecular weight is 469 g/mol. The lowest BCUT2D eigenvalue weighted by molar-refractivity contribution is -0.119. The van der Waals surface area contributed by atoms with Crippen LogP contribution in [0.15, 0.2) is 48.5 Å². The first kappa shape index (κ1) is 23.2. The predicted molar refractivity (Wildman–Crippen MR) is 126 cm³/mol. The fraction of sp³-hybridized carbons (Fsp3) is 0.227. The van der Waals surface area contributed by atoms with Crippen LogP contribution >= 0.6 is 22.9 Å². The molecule has 0 aliphatic rings. The van der Waals surface area contributed by atoms with Gasteiger partial charge in [0, 0.05) is 16.3 Å². The van der Waals surface area contributed by atoms with E-state index < -0.39 is 12.1 Å². The van der Waals surface area contributed by atoms with E-state index in [1.807, 2.05) is 32.0 Å². The Morgan fingerprint density at radius 2 is 1.91 bits per heavy atom. The van der Waals surface area contributed by atoms with Crippen molar-refractivity contribution in [1.82, 2.24) is 15.5 Å². The van der Waals surface area contributed by atoms with Gasteiger partial charge in [-0.2, -0.15) is 5.26 Å². The summed E-state index contributed by atoms with van der Waals surface area (Å²) in [5, 5.41) is 26.8. The number of halogens is 1. The Labute approximate surface area is 194 Å². The van der Waals surface area contributed by atoms with E-state index in [0.717, 1.165) is 5.56 Å². The number of hydrogen-bond donors (Lipinski definition) is 3. The molecule has 0 spiro atoms. The zero-order valence-electron chi connectivity index (χ0n) is 17.4. The minimum absolute atomic E-state index is 0.130. The summed E-state index contributed by atoms with van der Waals surface area (Å²) >= 11 is 7.14. The molecule has 0 aliphatic carbocycles.